The number of carbonyl (C=O) groups is 2. The van der Waals surface area contributed by atoms with Crippen LogP contribution < -0.4 is 0 Å². The van der Waals surface area contributed by atoms with Crippen LogP contribution in [-0.4, -0.2) is 11.9 Å². The molecule has 0 aromatic rings. The number of carbonyl (C=O) groups excluding carboxylic acids is 2. The predicted molar refractivity (Wildman–Crippen MR) is 77.9 cm³/mol. The number of hydrogen-bond acceptors (Lipinski definition) is 3. The monoisotopic (exact) mass is 274 g/mol. The van der Waals surface area contributed by atoms with Crippen LogP contribution in [0.25, 0.3) is 0 Å². The third kappa shape index (κ3) is 3.09. The first-order chi connectivity index (χ1) is 9.56. The zero-order valence-corrected chi connectivity index (χ0v) is 12.1. The summed E-state index contributed by atoms with van der Waals surface area (Å²) in [7, 11) is 0. The quantitative estimate of drug-likeness (QED) is 0.331. The highest BCUT2D eigenvalue weighted by molar-refractivity contribution is 5.95. The Morgan fingerprint density at radius 2 is 2.00 bits per heavy atom. The zero-order chi connectivity index (χ0) is 14.6. The average molecular weight is 274 g/mol. The first-order valence-corrected chi connectivity index (χ1v) is 7.32. The average Bonchev–Trinajstić information content (AvgIpc) is 3.11. The second-order valence-electron chi connectivity index (χ2n) is 5.80. The molecule has 0 aromatic carbocycles. The molecule has 0 saturated heterocycles. The summed E-state index contributed by atoms with van der Waals surface area (Å²) in [4.78, 5) is 23.8. The molecule has 0 bridgehead atoms. The van der Waals surface area contributed by atoms with E-state index in [-0.39, 0.29) is 0 Å². The highest BCUT2D eigenvalue weighted by atomic mass is 16.6. The molecule has 1 atom stereocenters. The Morgan fingerprint density at radius 3 is 2.55 bits per heavy atom. The molecule has 2 aliphatic rings. The minimum Gasteiger partial charge on any atom is -0.389 e. The van der Waals surface area contributed by atoms with Crippen molar-refractivity contribution in [1.82, 2.24) is 0 Å². The third-order valence-corrected chi connectivity index (χ3v) is 4.28. The van der Waals surface area contributed by atoms with Gasteiger partial charge in [0.05, 0.1) is 5.41 Å². The fraction of sp³-hybridized carbons (Fsp3) is 0.529. The van der Waals surface area contributed by atoms with Gasteiger partial charge in [-0.05, 0) is 51.9 Å². The van der Waals surface area contributed by atoms with E-state index in [2.05, 4.69) is 18.7 Å². The van der Waals surface area contributed by atoms with Gasteiger partial charge in [0.15, 0.2) is 0 Å². The largest absolute Gasteiger partial charge is 0.389 e. The summed E-state index contributed by atoms with van der Waals surface area (Å²) in [5, 5.41) is 0. The summed E-state index contributed by atoms with van der Waals surface area (Å²) < 4.78 is 4.92. The van der Waals surface area contributed by atoms with E-state index in [1.165, 1.54) is 5.57 Å². The van der Waals surface area contributed by atoms with Gasteiger partial charge in [-0.2, -0.15) is 0 Å². The highest BCUT2D eigenvalue weighted by Crippen LogP contribution is 2.43. The van der Waals surface area contributed by atoms with Gasteiger partial charge in [-0.25, -0.2) is 4.79 Å². The molecule has 0 saturated carbocycles. The van der Waals surface area contributed by atoms with E-state index in [9.17, 15) is 9.59 Å². The van der Waals surface area contributed by atoms with Crippen LogP contribution in [0.3, 0.4) is 0 Å². The second kappa shape index (κ2) is 6.21. The van der Waals surface area contributed by atoms with Crippen LogP contribution in [0.4, 0.5) is 0 Å². The van der Waals surface area contributed by atoms with Crippen molar-refractivity contribution >= 4 is 11.9 Å². The van der Waals surface area contributed by atoms with E-state index in [0.29, 0.717) is 6.42 Å². The van der Waals surface area contributed by atoms with Crippen molar-refractivity contribution in [1.29, 1.82) is 0 Å². The Labute approximate surface area is 120 Å². The molecule has 20 heavy (non-hydrogen) atoms. The van der Waals surface area contributed by atoms with Crippen molar-refractivity contribution in [3.8, 4) is 0 Å². The molecular formula is C17H22O3. The van der Waals surface area contributed by atoms with E-state index in [0.717, 1.165) is 50.2 Å². The Kier molecular flexibility index (Phi) is 4.58. The topological polar surface area (TPSA) is 43.4 Å². The molecule has 1 unspecified atom stereocenters. The van der Waals surface area contributed by atoms with Crippen LogP contribution >= 0.6 is 0 Å². The predicted octanol–water partition coefficient (Wildman–Crippen LogP) is 3.86. The number of allylic oxidation sites excluding steroid dienone is 3. The van der Waals surface area contributed by atoms with Crippen molar-refractivity contribution in [2.75, 3.05) is 0 Å². The smallest absolute Gasteiger partial charge is 0.337 e. The molecule has 0 aromatic heterocycles. The molecule has 2 aliphatic carbocycles. The van der Waals surface area contributed by atoms with Gasteiger partial charge in [-0.15, -0.1) is 0 Å². The normalized spacial score (nSPS) is 20.9. The molecule has 3 heteroatoms. The molecule has 108 valence electrons. The summed E-state index contributed by atoms with van der Waals surface area (Å²) >= 11 is 0. The molecule has 0 amide bonds. The first-order valence-electron chi connectivity index (χ1n) is 7.32. The van der Waals surface area contributed by atoms with E-state index >= 15 is 0 Å². The molecule has 0 heterocycles. The lowest BCUT2D eigenvalue weighted by Crippen LogP contribution is -2.33. The Bertz CT molecular complexity index is 484. The SMILES string of the molecule is C=CC(=O)OC(=O)C(C)(CC1=CCCC1)C1=CCCC1. The third-order valence-electron chi connectivity index (χ3n) is 4.28. The van der Waals surface area contributed by atoms with Crippen LogP contribution in [0.1, 0.15) is 51.9 Å². The van der Waals surface area contributed by atoms with Crippen LogP contribution in [0.2, 0.25) is 0 Å². The van der Waals surface area contributed by atoms with Crippen molar-refractivity contribution in [3.63, 3.8) is 0 Å². The van der Waals surface area contributed by atoms with Gasteiger partial charge in [0.1, 0.15) is 0 Å². The van der Waals surface area contributed by atoms with Crippen molar-refractivity contribution in [2.24, 2.45) is 5.41 Å². The summed E-state index contributed by atoms with van der Waals surface area (Å²) in [6.45, 7) is 5.25. The number of ether oxygens (including phenoxy) is 1. The van der Waals surface area contributed by atoms with Crippen molar-refractivity contribution in [3.05, 3.63) is 36.0 Å². The lowest BCUT2D eigenvalue weighted by molar-refractivity contribution is -0.162. The van der Waals surface area contributed by atoms with E-state index in [1.807, 2.05) is 6.92 Å². The maximum atomic E-state index is 12.5. The van der Waals surface area contributed by atoms with Gasteiger partial charge in [0.25, 0.3) is 0 Å². The lowest BCUT2D eigenvalue weighted by Gasteiger charge is -2.29. The fourth-order valence-electron chi connectivity index (χ4n) is 3.09. The Balaban J connectivity index is 2.20. The number of esters is 2. The summed E-state index contributed by atoms with van der Waals surface area (Å²) in [5.41, 5.74) is 1.72. The summed E-state index contributed by atoms with van der Waals surface area (Å²) in [5.74, 6) is -1.11. The molecular weight excluding hydrogens is 252 g/mol. The van der Waals surface area contributed by atoms with Crippen molar-refractivity contribution in [2.45, 2.75) is 51.9 Å². The standard InChI is InChI=1S/C17H22O3/c1-3-15(18)20-16(19)17(2,14-10-6-7-11-14)12-13-8-4-5-9-13/h3,8,10H,1,4-7,9,11-12H2,2H3. The minimum atomic E-state index is -0.703. The molecule has 0 radical (unpaired) electrons. The molecule has 3 nitrogen and oxygen atoms in total. The lowest BCUT2D eigenvalue weighted by atomic mass is 9.76. The molecule has 0 spiro atoms. The van der Waals surface area contributed by atoms with E-state index < -0.39 is 17.4 Å². The van der Waals surface area contributed by atoms with Crippen LogP contribution in [0, 0.1) is 5.41 Å². The van der Waals surface area contributed by atoms with E-state index in [4.69, 9.17) is 4.74 Å². The molecule has 0 fully saturated rings. The van der Waals surface area contributed by atoms with Gasteiger partial charge in [-0.3, -0.25) is 4.79 Å². The maximum absolute atomic E-state index is 12.5. The Morgan fingerprint density at radius 1 is 1.30 bits per heavy atom. The van der Waals surface area contributed by atoms with Gasteiger partial charge in [0.2, 0.25) is 0 Å². The van der Waals surface area contributed by atoms with E-state index in [1.54, 1.807) is 0 Å². The van der Waals surface area contributed by atoms with Crippen LogP contribution in [-0.2, 0) is 14.3 Å². The Hall–Kier alpha value is -1.64. The molecule has 2 rings (SSSR count). The van der Waals surface area contributed by atoms with Gasteiger partial charge < -0.3 is 4.74 Å². The van der Waals surface area contributed by atoms with Crippen LogP contribution in [0.15, 0.2) is 36.0 Å². The highest BCUT2D eigenvalue weighted by Gasteiger charge is 2.41. The minimum absolute atomic E-state index is 0.441. The van der Waals surface area contributed by atoms with Crippen LogP contribution in [0.5, 0.6) is 0 Å². The maximum Gasteiger partial charge on any atom is 0.337 e. The van der Waals surface area contributed by atoms with Crippen molar-refractivity contribution < 1.29 is 14.3 Å². The first kappa shape index (κ1) is 14.8. The summed E-state index contributed by atoms with van der Waals surface area (Å²) in [6.07, 6.45) is 12.4. The second-order valence-corrected chi connectivity index (χ2v) is 5.80. The number of rotatable bonds is 5. The fourth-order valence-corrected chi connectivity index (χ4v) is 3.09. The van der Waals surface area contributed by atoms with Gasteiger partial charge >= 0.3 is 11.9 Å². The van der Waals surface area contributed by atoms with Gasteiger partial charge in [-0.1, -0.05) is 29.9 Å². The summed E-state index contributed by atoms with van der Waals surface area (Å²) in [6, 6.07) is 0. The zero-order valence-electron chi connectivity index (χ0n) is 12.1. The number of hydrogen-bond donors (Lipinski definition) is 0. The molecule has 0 aliphatic heterocycles. The molecule has 0 N–H and O–H groups in total. The van der Waals surface area contributed by atoms with Gasteiger partial charge in [0, 0.05) is 6.08 Å².